The first-order valence-electron chi connectivity index (χ1n) is 6.34. The number of hydrogen-bond donors (Lipinski definition) is 1. The summed E-state index contributed by atoms with van der Waals surface area (Å²) >= 11 is 3.26. The molecule has 0 saturated carbocycles. The van der Waals surface area contributed by atoms with E-state index in [0.717, 1.165) is 30.4 Å². The minimum absolute atomic E-state index is 0.113. The van der Waals surface area contributed by atoms with Gasteiger partial charge in [-0.05, 0) is 40.9 Å². The quantitative estimate of drug-likeness (QED) is 0.914. The number of pyridine rings is 1. The number of hydrogen-bond acceptors (Lipinski definition) is 3. The summed E-state index contributed by atoms with van der Waals surface area (Å²) in [5, 5.41) is 2.71. The molecule has 2 rings (SSSR count). The van der Waals surface area contributed by atoms with Gasteiger partial charge in [-0.2, -0.15) is 0 Å². The standard InChI is InChI=1S/C13H16BrN3O2/c14-10-3-4-11(16-9-10)13(19)15-6-5-12(18)17-7-1-2-8-17/h3-4,9H,1-2,5-8H2,(H,15,19). The Balaban J connectivity index is 1.74. The molecule has 1 aliphatic rings. The zero-order chi connectivity index (χ0) is 13.7. The number of rotatable bonds is 4. The van der Waals surface area contributed by atoms with Gasteiger partial charge < -0.3 is 10.2 Å². The number of aromatic nitrogens is 1. The monoisotopic (exact) mass is 325 g/mol. The van der Waals surface area contributed by atoms with Crippen molar-refractivity contribution in [1.29, 1.82) is 0 Å². The molecule has 2 amide bonds. The Hall–Kier alpha value is -1.43. The fraction of sp³-hybridized carbons (Fsp3) is 0.462. The second kappa shape index (κ2) is 6.65. The van der Waals surface area contributed by atoms with E-state index >= 15 is 0 Å². The Morgan fingerprint density at radius 3 is 2.68 bits per heavy atom. The molecule has 2 heterocycles. The van der Waals surface area contributed by atoms with Crippen LogP contribution < -0.4 is 5.32 Å². The summed E-state index contributed by atoms with van der Waals surface area (Å²) in [5.74, 6) is -0.136. The van der Waals surface area contributed by atoms with E-state index < -0.39 is 0 Å². The molecule has 0 aromatic carbocycles. The SMILES string of the molecule is O=C(NCCC(=O)N1CCCC1)c1ccc(Br)cn1. The van der Waals surface area contributed by atoms with Crippen LogP contribution in [0.4, 0.5) is 0 Å². The van der Waals surface area contributed by atoms with E-state index in [-0.39, 0.29) is 11.8 Å². The summed E-state index contributed by atoms with van der Waals surface area (Å²) in [5.41, 5.74) is 0.358. The highest BCUT2D eigenvalue weighted by Crippen LogP contribution is 2.09. The molecule has 1 saturated heterocycles. The van der Waals surface area contributed by atoms with Crippen molar-refractivity contribution in [2.24, 2.45) is 0 Å². The predicted octanol–water partition coefficient (Wildman–Crippen LogP) is 1.59. The van der Waals surface area contributed by atoms with Crippen molar-refractivity contribution in [1.82, 2.24) is 15.2 Å². The lowest BCUT2D eigenvalue weighted by Crippen LogP contribution is -2.32. The Labute approximate surface area is 120 Å². The zero-order valence-electron chi connectivity index (χ0n) is 10.6. The van der Waals surface area contributed by atoms with Crippen LogP contribution >= 0.6 is 15.9 Å². The van der Waals surface area contributed by atoms with Crippen molar-refractivity contribution < 1.29 is 9.59 Å². The molecule has 0 radical (unpaired) electrons. The summed E-state index contributed by atoms with van der Waals surface area (Å²) in [6.45, 7) is 2.05. The Morgan fingerprint density at radius 1 is 1.32 bits per heavy atom. The molecule has 1 N–H and O–H groups in total. The molecular weight excluding hydrogens is 310 g/mol. The normalized spacial score (nSPS) is 14.5. The van der Waals surface area contributed by atoms with Gasteiger partial charge >= 0.3 is 0 Å². The van der Waals surface area contributed by atoms with Crippen LogP contribution in [0.2, 0.25) is 0 Å². The molecule has 0 aliphatic carbocycles. The molecule has 0 spiro atoms. The molecular formula is C13H16BrN3O2. The fourth-order valence-corrected chi connectivity index (χ4v) is 2.24. The molecule has 1 aliphatic heterocycles. The van der Waals surface area contributed by atoms with E-state index in [9.17, 15) is 9.59 Å². The van der Waals surface area contributed by atoms with Crippen molar-refractivity contribution in [3.63, 3.8) is 0 Å². The third-order valence-corrected chi connectivity index (χ3v) is 3.51. The molecule has 102 valence electrons. The second-order valence-electron chi connectivity index (χ2n) is 4.46. The molecule has 19 heavy (non-hydrogen) atoms. The van der Waals surface area contributed by atoms with E-state index in [1.54, 1.807) is 18.3 Å². The number of likely N-dealkylation sites (tertiary alicyclic amines) is 1. The molecule has 1 aromatic rings. The summed E-state index contributed by atoms with van der Waals surface area (Å²) in [4.78, 5) is 29.4. The van der Waals surface area contributed by atoms with Crippen molar-refractivity contribution in [2.75, 3.05) is 19.6 Å². The minimum Gasteiger partial charge on any atom is -0.350 e. The first-order valence-corrected chi connectivity index (χ1v) is 7.13. The van der Waals surface area contributed by atoms with Gasteiger partial charge in [-0.15, -0.1) is 0 Å². The maximum absolute atomic E-state index is 11.8. The highest BCUT2D eigenvalue weighted by molar-refractivity contribution is 9.10. The molecule has 6 heteroatoms. The smallest absolute Gasteiger partial charge is 0.269 e. The zero-order valence-corrected chi connectivity index (χ0v) is 12.1. The molecule has 0 bridgehead atoms. The van der Waals surface area contributed by atoms with Gasteiger partial charge in [0.25, 0.3) is 5.91 Å². The van der Waals surface area contributed by atoms with Gasteiger partial charge in [-0.1, -0.05) is 0 Å². The first-order chi connectivity index (χ1) is 9.16. The van der Waals surface area contributed by atoms with Crippen molar-refractivity contribution in [2.45, 2.75) is 19.3 Å². The topological polar surface area (TPSA) is 62.3 Å². The van der Waals surface area contributed by atoms with E-state index in [1.807, 2.05) is 4.90 Å². The van der Waals surface area contributed by atoms with Gasteiger partial charge in [0.1, 0.15) is 5.69 Å². The number of carbonyl (C=O) groups excluding carboxylic acids is 2. The average molecular weight is 326 g/mol. The second-order valence-corrected chi connectivity index (χ2v) is 5.37. The number of halogens is 1. The van der Waals surface area contributed by atoms with Crippen LogP contribution in [0.3, 0.4) is 0 Å². The molecule has 1 aromatic heterocycles. The lowest BCUT2D eigenvalue weighted by atomic mass is 10.3. The third kappa shape index (κ3) is 4.02. The highest BCUT2D eigenvalue weighted by atomic mass is 79.9. The summed E-state index contributed by atoms with van der Waals surface area (Å²) < 4.78 is 0.827. The Morgan fingerprint density at radius 2 is 2.05 bits per heavy atom. The summed E-state index contributed by atoms with van der Waals surface area (Å²) in [6, 6.07) is 3.40. The van der Waals surface area contributed by atoms with Gasteiger partial charge in [0, 0.05) is 36.7 Å². The molecule has 1 fully saturated rings. The van der Waals surface area contributed by atoms with Crippen LogP contribution in [0, 0.1) is 0 Å². The van der Waals surface area contributed by atoms with E-state index in [4.69, 9.17) is 0 Å². The number of carbonyl (C=O) groups is 2. The van der Waals surface area contributed by atoms with E-state index in [0.29, 0.717) is 18.7 Å². The van der Waals surface area contributed by atoms with Crippen LogP contribution in [0.1, 0.15) is 29.8 Å². The lowest BCUT2D eigenvalue weighted by molar-refractivity contribution is -0.129. The van der Waals surface area contributed by atoms with Crippen LogP contribution in [0.5, 0.6) is 0 Å². The fourth-order valence-electron chi connectivity index (χ4n) is 2.01. The predicted molar refractivity (Wildman–Crippen MR) is 74.7 cm³/mol. The number of nitrogens with one attached hydrogen (secondary N) is 1. The Kier molecular flexibility index (Phi) is 4.90. The minimum atomic E-state index is -0.248. The number of amides is 2. The van der Waals surface area contributed by atoms with Gasteiger partial charge in [0.2, 0.25) is 5.91 Å². The van der Waals surface area contributed by atoms with Crippen molar-refractivity contribution in [3.8, 4) is 0 Å². The average Bonchev–Trinajstić information content (AvgIpc) is 2.93. The maximum Gasteiger partial charge on any atom is 0.269 e. The first kappa shape index (κ1) is 14.0. The highest BCUT2D eigenvalue weighted by Gasteiger charge is 2.17. The Bertz CT molecular complexity index is 455. The van der Waals surface area contributed by atoms with Crippen LogP contribution in [-0.4, -0.2) is 41.3 Å². The van der Waals surface area contributed by atoms with Crippen molar-refractivity contribution >= 4 is 27.7 Å². The largest absolute Gasteiger partial charge is 0.350 e. The van der Waals surface area contributed by atoms with Gasteiger partial charge in [-0.3, -0.25) is 9.59 Å². The molecule has 0 unspecified atom stereocenters. The van der Waals surface area contributed by atoms with Crippen molar-refractivity contribution in [3.05, 3.63) is 28.5 Å². The molecule has 0 atom stereocenters. The summed E-state index contributed by atoms with van der Waals surface area (Å²) in [6.07, 6.45) is 4.09. The third-order valence-electron chi connectivity index (χ3n) is 3.04. The summed E-state index contributed by atoms with van der Waals surface area (Å²) in [7, 11) is 0. The van der Waals surface area contributed by atoms with Crippen LogP contribution in [0.15, 0.2) is 22.8 Å². The van der Waals surface area contributed by atoms with Crippen LogP contribution in [0.25, 0.3) is 0 Å². The van der Waals surface area contributed by atoms with E-state index in [2.05, 4.69) is 26.2 Å². The van der Waals surface area contributed by atoms with Gasteiger partial charge in [0.05, 0.1) is 0 Å². The molecule has 5 nitrogen and oxygen atoms in total. The maximum atomic E-state index is 11.8. The van der Waals surface area contributed by atoms with Crippen LogP contribution in [-0.2, 0) is 4.79 Å². The van der Waals surface area contributed by atoms with Gasteiger partial charge in [0.15, 0.2) is 0 Å². The van der Waals surface area contributed by atoms with Gasteiger partial charge in [-0.25, -0.2) is 4.98 Å². The number of nitrogens with zero attached hydrogens (tertiary/aromatic N) is 2. The lowest BCUT2D eigenvalue weighted by Gasteiger charge is -2.15. The van der Waals surface area contributed by atoms with E-state index in [1.165, 1.54) is 0 Å².